The van der Waals surface area contributed by atoms with Gasteiger partial charge in [0.15, 0.2) is 0 Å². The molecule has 1 heterocycles. The van der Waals surface area contributed by atoms with Gasteiger partial charge in [-0.1, -0.05) is 0 Å². The molecule has 0 saturated carbocycles. The Kier molecular flexibility index (Phi) is 5.38. The first-order chi connectivity index (χ1) is 8.52. The molecule has 0 saturated heterocycles. The zero-order valence-corrected chi connectivity index (χ0v) is 10.8. The van der Waals surface area contributed by atoms with Crippen LogP contribution in [0.2, 0.25) is 0 Å². The fraction of sp³-hybridized carbons (Fsp3) is 0.500. The topological polar surface area (TPSA) is 69.0 Å². The molecule has 1 aromatic heterocycles. The Morgan fingerprint density at radius 3 is 2.67 bits per heavy atom. The van der Waals surface area contributed by atoms with Crippen molar-refractivity contribution in [1.82, 2.24) is 4.90 Å². The lowest BCUT2D eigenvalue weighted by Gasteiger charge is -2.08. The molecule has 100 valence electrons. The van der Waals surface area contributed by atoms with Crippen LogP contribution in [0.1, 0.15) is 16.3 Å². The van der Waals surface area contributed by atoms with Crippen molar-refractivity contribution in [2.75, 3.05) is 34.4 Å². The van der Waals surface area contributed by atoms with Gasteiger partial charge in [0.1, 0.15) is 18.8 Å². The quantitative estimate of drug-likeness (QED) is 0.697. The molecular weight excluding hydrogens is 238 g/mol. The molecule has 0 aliphatic heterocycles. The highest BCUT2D eigenvalue weighted by molar-refractivity contribution is 5.86. The Bertz CT molecular complexity index is 410. The maximum atomic E-state index is 11.5. The molecule has 18 heavy (non-hydrogen) atoms. The number of ether oxygens (including phenoxy) is 2. The second-order valence-electron chi connectivity index (χ2n) is 3.96. The van der Waals surface area contributed by atoms with Crippen LogP contribution < -0.4 is 0 Å². The highest BCUT2D eigenvalue weighted by atomic mass is 16.5. The standard InChI is InChI=1S/C12H17NO5/c1-13(2)6-7-17-12(15)10-5-4-9(18-10)8-11(14)16-3/h4-5H,6-8H2,1-3H3. The molecule has 0 spiro atoms. The number of hydrogen-bond donors (Lipinski definition) is 0. The van der Waals surface area contributed by atoms with Crippen LogP contribution in [0, 0.1) is 0 Å². The van der Waals surface area contributed by atoms with Gasteiger partial charge >= 0.3 is 11.9 Å². The molecule has 0 atom stereocenters. The molecule has 1 aromatic rings. The van der Waals surface area contributed by atoms with E-state index >= 15 is 0 Å². The fourth-order valence-corrected chi connectivity index (χ4v) is 1.19. The van der Waals surface area contributed by atoms with E-state index in [1.165, 1.54) is 13.2 Å². The van der Waals surface area contributed by atoms with Gasteiger partial charge in [0, 0.05) is 6.54 Å². The van der Waals surface area contributed by atoms with Crippen LogP contribution in [-0.2, 0) is 20.7 Å². The Labute approximate surface area is 105 Å². The zero-order valence-electron chi connectivity index (χ0n) is 10.8. The van der Waals surface area contributed by atoms with E-state index in [1.54, 1.807) is 6.07 Å². The second kappa shape index (κ2) is 6.80. The molecule has 6 nitrogen and oxygen atoms in total. The van der Waals surface area contributed by atoms with E-state index in [0.29, 0.717) is 18.9 Å². The molecule has 1 rings (SSSR count). The minimum atomic E-state index is -0.534. The Morgan fingerprint density at radius 2 is 2.06 bits per heavy atom. The van der Waals surface area contributed by atoms with E-state index in [0.717, 1.165) is 0 Å². The number of nitrogens with zero attached hydrogens (tertiary/aromatic N) is 1. The summed E-state index contributed by atoms with van der Waals surface area (Å²) in [7, 11) is 5.06. The molecule has 6 heteroatoms. The van der Waals surface area contributed by atoms with Crippen molar-refractivity contribution in [3.8, 4) is 0 Å². The summed E-state index contributed by atoms with van der Waals surface area (Å²) in [4.78, 5) is 24.4. The number of likely N-dealkylation sites (N-methyl/N-ethyl adjacent to an activating group) is 1. The molecule has 0 bridgehead atoms. The first-order valence-electron chi connectivity index (χ1n) is 5.50. The maximum absolute atomic E-state index is 11.5. The van der Waals surface area contributed by atoms with Gasteiger partial charge in [-0.2, -0.15) is 0 Å². The Balaban J connectivity index is 2.46. The predicted molar refractivity (Wildman–Crippen MR) is 63.3 cm³/mol. The van der Waals surface area contributed by atoms with Crippen LogP contribution >= 0.6 is 0 Å². The third-order valence-electron chi connectivity index (χ3n) is 2.18. The lowest BCUT2D eigenvalue weighted by molar-refractivity contribution is -0.140. The number of esters is 2. The lowest BCUT2D eigenvalue weighted by atomic mass is 10.3. The number of furan rings is 1. The number of rotatable bonds is 6. The normalized spacial score (nSPS) is 10.4. The van der Waals surface area contributed by atoms with Gasteiger partial charge in [-0.15, -0.1) is 0 Å². The summed E-state index contributed by atoms with van der Waals surface area (Å²) in [5, 5.41) is 0. The van der Waals surface area contributed by atoms with Crippen LogP contribution in [-0.4, -0.2) is 51.2 Å². The largest absolute Gasteiger partial charge is 0.469 e. The molecule has 0 aliphatic rings. The van der Waals surface area contributed by atoms with E-state index in [2.05, 4.69) is 4.74 Å². The highest BCUT2D eigenvalue weighted by Crippen LogP contribution is 2.10. The first-order valence-corrected chi connectivity index (χ1v) is 5.50. The van der Waals surface area contributed by atoms with E-state index < -0.39 is 11.9 Å². The number of carbonyl (C=O) groups excluding carboxylic acids is 2. The smallest absolute Gasteiger partial charge is 0.374 e. The zero-order chi connectivity index (χ0) is 13.5. The second-order valence-corrected chi connectivity index (χ2v) is 3.96. The van der Waals surface area contributed by atoms with Crippen LogP contribution in [0.25, 0.3) is 0 Å². The molecule has 0 amide bonds. The van der Waals surface area contributed by atoms with Gasteiger partial charge < -0.3 is 18.8 Å². The fourth-order valence-electron chi connectivity index (χ4n) is 1.19. The minimum Gasteiger partial charge on any atom is -0.469 e. The highest BCUT2D eigenvalue weighted by Gasteiger charge is 2.14. The Hall–Kier alpha value is -1.82. The molecule has 0 aliphatic carbocycles. The third kappa shape index (κ3) is 4.58. The summed E-state index contributed by atoms with van der Waals surface area (Å²) in [6.45, 7) is 0.931. The first kappa shape index (κ1) is 14.2. The van der Waals surface area contributed by atoms with Crippen LogP contribution in [0.3, 0.4) is 0 Å². The van der Waals surface area contributed by atoms with Crippen LogP contribution in [0.5, 0.6) is 0 Å². The summed E-state index contributed by atoms with van der Waals surface area (Å²) in [5.41, 5.74) is 0. The Morgan fingerprint density at radius 1 is 1.33 bits per heavy atom. The van der Waals surface area contributed by atoms with Gasteiger partial charge in [-0.05, 0) is 26.2 Å². The van der Waals surface area contributed by atoms with Crippen molar-refractivity contribution in [3.63, 3.8) is 0 Å². The van der Waals surface area contributed by atoms with Gasteiger partial charge in [0.25, 0.3) is 0 Å². The molecule has 0 fully saturated rings. The maximum Gasteiger partial charge on any atom is 0.374 e. The summed E-state index contributed by atoms with van der Waals surface area (Å²) in [6, 6.07) is 3.04. The van der Waals surface area contributed by atoms with Crippen LogP contribution in [0.4, 0.5) is 0 Å². The summed E-state index contributed by atoms with van der Waals surface area (Å²) < 4.78 is 14.7. The molecular formula is C12H17NO5. The van der Waals surface area contributed by atoms with E-state index in [9.17, 15) is 9.59 Å². The SMILES string of the molecule is COC(=O)Cc1ccc(C(=O)OCCN(C)C)o1. The van der Waals surface area contributed by atoms with Gasteiger partial charge in [0.05, 0.1) is 7.11 Å². The minimum absolute atomic E-state index is 0.00147. The van der Waals surface area contributed by atoms with Gasteiger partial charge in [-0.3, -0.25) is 4.79 Å². The predicted octanol–water partition coefficient (Wildman–Crippen LogP) is 0.713. The van der Waals surface area contributed by atoms with Crippen molar-refractivity contribution >= 4 is 11.9 Å². The monoisotopic (exact) mass is 255 g/mol. The summed E-state index contributed by atoms with van der Waals surface area (Å²) in [5.74, 6) is -0.487. The summed E-state index contributed by atoms with van der Waals surface area (Å²) >= 11 is 0. The van der Waals surface area contributed by atoms with Crippen molar-refractivity contribution < 1.29 is 23.5 Å². The molecule has 0 N–H and O–H groups in total. The van der Waals surface area contributed by atoms with Gasteiger partial charge in [0.2, 0.25) is 5.76 Å². The average molecular weight is 255 g/mol. The van der Waals surface area contributed by atoms with Crippen molar-refractivity contribution in [2.24, 2.45) is 0 Å². The number of hydrogen-bond acceptors (Lipinski definition) is 6. The van der Waals surface area contributed by atoms with Crippen molar-refractivity contribution in [3.05, 3.63) is 23.7 Å². The summed E-state index contributed by atoms with van der Waals surface area (Å²) in [6.07, 6.45) is 0.00147. The van der Waals surface area contributed by atoms with Crippen LogP contribution in [0.15, 0.2) is 16.5 Å². The molecule has 0 unspecified atom stereocenters. The molecule has 0 radical (unpaired) electrons. The van der Waals surface area contributed by atoms with Gasteiger partial charge in [-0.25, -0.2) is 4.79 Å². The third-order valence-corrected chi connectivity index (χ3v) is 2.18. The lowest BCUT2D eigenvalue weighted by Crippen LogP contribution is -2.20. The van der Waals surface area contributed by atoms with E-state index in [4.69, 9.17) is 9.15 Å². The molecule has 0 aromatic carbocycles. The number of methoxy groups -OCH3 is 1. The van der Waals surface area contributed by atoms with E-state index in [1.807, 2.05) is 19.0 Å². The van der Waals surface area contributed by atoms with E-state index in [-0.39, 0.29) is 12.2 Å². The number of carbonyl (C=O) groups is 2. The van der Waals surface area contributed by atoms with Crippen molar-refractivity contribution in [1.29, 1.82) is 0 Å². The van der Waals surface area contributed by atoms with Crippen molar-refractivity contribution in [2.45, 2.75) is 6.42 Å². The average Bonchev–Trinajstić information content (AvgIpc) is 2.76.